The monoisotopic (exact) mass is 544 g/mol. The molecule has 4 saturated carbocycles. The lowest BCUT2D eigenvalue weighted by Crippen LogP contribution is -2.54. The van der Waals surface area contributed by atoms with Gasteiger partial charge < -0.3 is 19.3 Å². The van der Waals surface area contributed by atoms with E-state index < -0.39 is 5.97 Å². The number of carboxylic acid groups (broad SMARTS) is 1. The van der Waals surface area contributed by atoms with Crippen molar-refractivity contribution in [3.05, 3.63) is 11.3 Å². The number of fused-ring (bicyclic) bond motifs is 7. The summed E-state index contributed by atoms with van der Waals surface area (Å²) in [6, 6.07) is 0. The molecular weight excluding hydrogens is 496 g/mol. The van der Waals surface area contributed by atoms with Crippen LogP contribution >= 0.6 is 0 Å². The van der Waals surface area contributed by atoms with E-state index in [0.29, 0.717) is 41.3 Å². The maximum Gasteiger partial charge on any atom is 0.306 e. The van der Waals surface area contributed by atoms with Gasteiger partial charge >= 0.3 is 17.9 Å². The van der Waals surface area contributed by atoms with Crippen LogP contribution in [0.25, 0.3) is 0 Å². The number of carboxylic acids is 1. The molecule has 4 fully saturated rings. The smallest absolute Gasteiger partial charge is 0.306 e. The standard InChI is InChI=1S/C32H48O7/c1-19-26(7-5-6-16-37-20(2)33)39-27-18-25-23-9-8-21-17-22(38-29(36)11-10-28(34)35)12-14-31(21,3)24(23)13-15-32(25,4)30(19)27/h21-25,27,30H,5-18H2,1-4H3,(H,34,35)/t21-,22-,23+,24-,25-,27+,30-,31-,32-/m0/s1. The molecule has 0 unspecified atom stereocenters. The molecule has 0 radical (unpaired) electrons. The molecule has 0 aromatic rings. The van der Waals surface area contributed by atoms with Gasteiger partial charge in [-0.3, -0.25) is 14.4 Å². The van der Waals surface area contributed by atoms with Crippen LogP contribution in [0.4, 0.5) is 0 Å². The van der Waals surface area contributed by atoms with E-state index in [0.717, 1.165) is 50.4 Å². The molecule has 39 heavy (non-hydrogen) atoms. The summed E-state index contributed by atoms with van der Waals surface area (Å²) in [7, 11) is 0. The fraction of sp³-hybridized carbons (Fsp3) is 0.844. The van der Waals surface area contributed by atoms with Crippen molar-refractivity contribution in [1.82, 2.24) is 0 Å². The van der Waals surface area contributed by atoms with Crippen LogP contribution in [0.5, 0.6) is 0 Å². The molecule has 7 nitrogen and oxygen atoms in total. The van der Waals surface area contributed by atoms with Gasteiger partial charge in [0.15, 0.2) is 0 Å². The third-order valence-corrected chi connectivity index (χ3v) is 11.8. The summed E-state index contributed by atoms with van der Waals surface area (Å²) in [5.74, 6) is 2.94. The van der Waals surface area contributed by atoms with Crippen molar-refractivity contribution >= 4 is 17.9 Å². The van der Waals surface area contributed by atoms with E-state index in [1.54, 1.807) is 0 Å². The number of hydrogen-bond donors (Lipinski definition) is 1. The zero-order valence-electron chi connectivity index (χ0n) is 24.3. The van der Waals surface area contributed by atoms with Crippen LogP contribution in [-0.2, 0) is 28.6 Å². The van der Waals surface area contributed by atoms with E-state index >= 15 is 0 Å². The molecule has 4 aliphatic carbocycles. The van der Waals surface area contributed by atoms with Crippen molar-refractivity contribution in [3.8, 4) is 0 Å². The van der Waals surface area contributed by atoms with Gasteiger partial charge in [0.25, 0.3) is 0 Å². The fourth-order valence-corrected chi connectivity index (χ4v) is 9.97. The number of esters is 2. The van der Waals surface area contributed by atoms with Gasteiger partial charge in [-0.05, 0) is 111 Å². The van der Waals surface area contributed by atoms with E-state index in [4.69, 9.17) is 19.3 Å². The normalized spacial score (nSPS) is 40.6. The zero-order chi connectivity index (χ0) is 27.9. The summed E-state index contributed by atoms with van der Waals surface area (Å²) < 4.78 is 17.5. The first-order valence-corrected chi connectivity index (χ1v) is 15.4. The van der Waals surface area contributed by atoms with E-state index in [1.165, 1.54) is 50.4 Å². The second-order valence-electron chi connectivity index (χ2n) is 13.8. The minimum absolute atomic E-state index is 0.0347. The Labute approximate surface area is 233 Å². The predicted molar refractivity (Wildman–Crippen MR) is 145 cm³/mol. The van der Waals surface area contributed by atoms with Crippen LogP contribution in [0, 0.1) is 40.4 Å². The van der Waals surface area contributed by atoms with Gasteiger partial charge in [-0.15, -0.1) is 0 Å². The third kappa shape index (κ3) is 5.36. The second kappa shape index (κ2) is 11.1. The molecule has 218 valence electrons. The van der Waals surface area contributed by atoms with Crippen LogP contribution in [0.2, 0.25) is 0 Å². The molecule has 1 heterocycles. The molecule has 5 rings (SSSR count). The molecule has 0 aromatic heterocycles. The van der Waals surface area contributed by atoms with Gasteiger partial charge in [0.05, 0.1) is 25.2 Å². The number of unbranched alkanes of at least 4 members (excludes halogenated alkanes) is 1. The average molecular weight is 545 g/mol. The molecule has 0 amide bonds. The Morgan fingerprint density at radius 2 is 1.74 bits per heavy atom. The Morgan fingerprint density at radius 3 is 2.49 bits per heavy atom. The highest BCUT2D eigenvalue weighted by molar-refractivity contribution is 5.76. The van der Waals surface area contributed by atoms with Gasteiger partial charge in [-0.25, -0.2) is 0 Å². The molecule has 5 aliphatic rings. The van der Waals surface area contributed by atoms with Crippen LogP contribution < -0.4 is 0 Å². The molecule has 0 saturated heterocycles. The van der Waals surface area contributed by atoms with Crippen molar-refractivity contribution in [3.63, 3.8) is 0 Å². The van der Waals surface area contributed by atoms with Crippen molar-refractivity contribution in [2.45, 2.75) is 123 Å². The SMILES string of the molecule is CC(=O)OCCCCC1=C(C)[C@H]2[C@@H](C[C@H]3[C@@H]4CC[C@H]5C[C@@H](OC(=O)CCC(=O)O)CC[C@]5(C)[C@H]4CC[C@@]32C)O1. The lowest BCUT2D eigenvalue weighted by atomic mass is 9.44. The Kier molecular flexibility index (Phi) is 8.09. The molecule has 1 aliphatic heterocycles. The number of rotatable bonds is 9. The van der Waals surface area contributed by atoms with Crippen LogP contribution in [0.3, 0.4) is 0 Å². The van der Waals surface area contributed by atoms with Gasteiger partial charge in [0.2, 0.25) is 0 Å². The van der Waals surface area contributed by atoms with Crippen molar-refractivity contribution in [2.75, 3.05) is 6.61 Å². The first-order valence-electron chi connectivity index (χ1n) is 15.4. The van der Waals surface area contributed by atoms with E-state index in [-0.39, 0.29) is 30.9 Å². The minimum atomic E-state index is -0.953. The summed E-state index contributed by atoms with van der Waals surface area (Å²) in [5.41, 5.74) is 2.07. The molecule has 0 spiro atoms. The van der Waals surface area contributed by atoms with E-state index in [2.05, 4.69) is 20.8 Å². The lowest BCUT2D eigenvalue weighted by Gasteiger charge is -2.61. The number of ether oxygens (including phenoxy) is 3. The Morgan fingerprint density at radius 1 is 0.974 bits per heavy atom. The highest BCUT2D eigenvalue weighted by atomic mass is 16.5. The van der Waals surface area contributed by atoms with Gasteiger partial charge in [-0.1, -0.05) is 13.8 Å². The Bertz CT molecular complexity index is 1000. The number of hydrogen-bond acceptors (Lipinski definition) is 6. The second-order valence-corrected chi connectivity index (χ2v) is 13.8. The largest absolute Gasteiger partial charge is 0.494 e. The minimum Gasteiger partial charge on any atom is -0.494 e. The quantitative estimate of drug-likeness (QED) is 0.263. The van der Waals surface area contributed by atoms with Gasteiger partial charge in [0.1, 0.15) is 12.2 Å². The predicted octanol–water partition coefficient (Wildman–Crippen LogP) is 6.44. The van der Waals surface area contributed by atoms with Crippen molar-refractivity contribution in [1.29, 1.82) is 0 Å². The summed E-state index contributed by atoms with van der Waals surface area (Å²) in [5, 5.41) is 8.87. The first kappa shape index (κ1) is 28.5. The molecule has 9 atom stereocenters. The highest BCUT2D eigenvalue weighted by Gasteiger charge is 2.64. The maximum absolute atomic E-state index is 12.2. The molecule has 0 aromatic carbocycles. The van der Waals surface area contributed by atoms with Crippen LogP contribution in [0.1, 0.15) is 111 Å². The molecule has 1 N–H and O–H groups in total. The number of carbonyl (C=O) groups is 3. The summed E-state index contributed by atoms with van der Waals surface area (Å²) in [6.45, 7) is 9.33. The molecule has 7 heteroatoms. The molecular formula is C32H48O7. The number of carbonyl (C=O) groups excluding carboxylic acids is 2. The zero-order valence-corrected chi connectivity index (χ0v) is 24.3. The third-order valence-electron chi connectivity index (χ3n) is 11.8. The topological polar surface area (TPSA) is 99.1 Å². The average Bonchev–Trinajstić information content (AvgIpc) is 3.35. The van der Waals surface area contributed by atoms with Crippen LogP contribution in [-0.4, -0.2) is 41.8 Å². The van der Waals surface area contributed by atoms with Gasteiger partial charge in [-0.2, -0.15) is 0 Å². The Balaban J connectivity index is 1.20. The summed E-state index contributed by atoms with van der Waals surface area (Å²) >= 11 is 0. The lowest BCUT2D eigenvalue weighted by molar-refractivity contribution is -0.163. The van der Waals surface area contributed by atoms with E-state index in [1.807, 2.05) is 0 Å². The molecule has 0 bridgehead atoms. The van der Waals surface area contributed by atoms with Gasteiger partial charge in [0, 0.05) is 19.3 Å². The summed E-state index contributed by atoms with van der Waals surface area (Å²) in [6.07, 6.45) is 12.0. The van der Waals surface area contributed by atoms with Crippen LogP contribution in [0.15, 0.2) is 11.3 Å². The maximum atomic E-state index is 12.2. The number of aliphatic carboxylic acids is 1. The van der Waals surface area contributed by atoms with Crippen molar-refractivity contribution in [2.24, 2.45) is 40.4 Å². The first-order chi connectivity index (χ1) is 18.5. The fourth-order valence-electron chi connectivity index (χ4n) is 9.97. The number of allylic oxidation sites excluding steroid dienone is 1. The van der Waals surface area contributed by atoms with Crippen molar-refractivity contribution < 1.29 is 33.7 Å². The highest BCUT2D eigenvalue weighted by Crippen LogP contribution is 2.69. The van der Waals surface area contributed by atoms with E-state index in [9.17, 15) is 14.4 Å². The summed E-state index contributed by atoms with van der Waals surface area (Å²) in [4.78, 5) is 34.0. The Hall–Kier alpha value is -2.05.